The van der Waals surface area contributed by atoms with E-state index in [1.165, 1.54) is 25.3 Å². The molecule has 108 valence electrons. The Balaban J connectivity index is 2.95. The molecule has 0 aromatic heterocycles. The van der Waals surface area contributed by atoms with Crippen molar-refractivity contribution in [2.75, 3.05) is 13.7 Å². The van der Waals surface area contributed by atoms with Crippen LogP contribution in [-0.4, -0.2) is 32.8 Å². The van der Waals surface area contributed by atoms with Gasteiger partial charge in [0.2, 0.25) is 10.0 Å². The van der Waals surface area contributed by atoms with Crippen LogP contribution in [0.25, 0.3) is 0 Å². The maximum absolute atomic E-state index is 12.1. The number of benzene rings is 1. The van der Waals surface area contributed by atoms with E-state index in [-0.39, 0.29) is 18.0 Å². The summed E-state index contributed by atoms with van der Waals surface area (Å²) in [5, 5.41) is 9.42. The van der Waals surface area contributed by atoms with Gasteiger partial charge in [0.25, 0.3) is 0 Å². The third-order valence-corrected chi connectivity index (χ3v) is 4.51. The Bertz CT molecular complexity index is 543. The molecule has 19 heavy (non-hydrogen) atoms. The minimum Gasteiger partial charge on any atom is -0.392 e. The highest BCUT2D eigenvalue weighted by molar-refractivity contribution is 7.89. The first-order chi connectivity index (χ1) is 8.72. The maximum Gasteiger partial charge on any atom is 0.240 e. The minimum absolute atomic E-state index is 0.0628. The van der Waals surface area contributed by atoms with Crippen molar-refractivity contribution >= 4 is 21.6 Å². The fourth-order valence-electron chi connectivity index (χ4n) is 1.26. The third kappa shape index (κ3) is 4.43. The lowest BCUT2D eigenvalue weighted by Gasteiger charge is -2.23. The van der Waals surface area contributed by atoms with E-state index in [0.29, 0.717) is 10.6 Å². The zero-order valence-corrected chi connectivity index (χ0v) is 12.7. The first-order valence-electron chi connectivity index (χ1n) is 5.66. The van der Waals surface area contributed by atoms with Crippen LogP contribution in [0.4, 0.5) is 0 Å². The SMILES string of the molecule is COC(C)(C)CNS(=O)(=O)c1ccc(Cl)c(CO)c1. The summed E-state index contributed by atoms with van der Waals surface area (Å²) in [7, 11) is -2.14. The summed E-state index contributed by atoms with van der Waals surface area (Å²) in [5.74, 6) is 0. The van der Waals surface area contributed by atoms with Crippen molar-refractivity contribution in [1.29, 1.82) is 0 Å². The van der Waals surface area contributed by atoms with Crippen LogP contribution in [-0.2, 0) is 21.4 Å². The summed E-state index contributed by atoms with van der Waals surface area (Å²) in [6.45, 7) is 3.38. The lowest BCUT2D eigenvalue weighted by Crippen LogP contribution is -2.39. The fraction of sp³-hybridized carbons (Fsp3) is 0.500. The van der Waals surface area contributed by atoms with Crippen LogP contribution in [0.1, 0.15) is 19.4 Å². The molecule has 0 atom stereocenters. The molecule has 1 aromatic carbocycles. The van der Waals surface area contributed by atoms with Crippen molar-refractivity contribution < 1.29 is 18.3 Å². The normalized spacial score (nSPS) is 12.7. The number of hydrogen-bond donors (Lipinski definition) is 2. The molecular weight excluding hydrogens is 290 g/mol. The highest BCUT2D eigenvalue weighted by atomic mass is 35.5. The molecule has 5 nitrogen and oxygen atoms in total. The molecule has 0 aliphatic rings. The lowest BCUT2D eigenvalue weighted by atomic mass is 10.1. The Hall–Kier alpha value is -0.660. The van der Waals surface area contributed by atoms with Crippen molar-refractivity contribution in [1.82, 2.24) is 4.72 Å². The van der Waals surface area contributed by atoms with Crippen molar-refractivity contribution in [2.45, 2.75) is 31.0 Å². The van der Waals surface area contributed by atoms with Gasteiger partial charge in [-0.05, 0) is 37.6 Å². The highest BCUT2D eigenvalue weighted by Crippen LogP contribution is 2.20. The number of sulfonamides is 1. The molecular formula is C12H18ClNO4S. The Kier molecular flexibility index (Phi) is 5.34. The van der Waals surface area contributed by atoms with Gasteiger partial charge < -0.3 is 9.84 Å². The predicted molar refractivity (Wildman–Crippen MR) is 73.7 cm³/mol. The molecule has 1 aromatic rings. The number of aliphatic hydroxyl groups excluding tert-OH is 1. The highest BCUT2D eigenvalue weighted by Gasteiger charge is 2.22. The van der Waals surface area contributed by atoms with E-state index < -0.39 is 15.6 Å². The standard InChI is InChI=1S/C12H18ClNO4S/c1-12(2,18-3)8-14-19(16,17)10-4-5-11(13)9(6-10)7-15/h4-6,14-15H,7-8H2,1-3H3. The Morgan fingerprint density at radius 1 is 1.42 bits per heavy atom. The van der Waals surface area contributed by atoms with E-state index >= 15 is 0 Å². The number of aliphatic hydroxyl groups is 1. The van der Waals surface area contributed by atoms with E-state index in [9.17, 15) is 8.42 Å². The minimum atomic E-state index is -3.65. The van der Waals surface area contributed by atoms with Gasteiger partial charge in [0, 0.05) is 18.7 Å². The van der Waals surface area contributed by atoms with Gasteiger partial charge in [0.1, 0.15) is 0 Å². The van der Waals surface area contributed by atoms with Gasteiger partial charge in [0.05, 0.1) is 17.1 Å². The number of nitrogens with one attached hydrogen (secondary N) is 1. The summed E-state index contributed by atoms with van der Waals surface area (Å²) in [4.78, 5) is 0.0628. The maximum atomic E-state index is 12.1. The van der Waals surface area contributed by atoms with Crippen LogP contribution in [0.2, 0.25) is 5.02 Å². The number of rotatable bonds is 6. The first-order valence-corrected chi connectivity index (χ1v) is 7.52. The van der Waals surface area contributed by atoms with E-state index in [2.05, 4.69) is 4.72 Å². The van der Waals surface area contributed by atoms with Gasteiger partial charge in [-0.2, -0.15) is 0 Å². The van der Waals surface area contributed by atoms with Crippen molar-refractivity contribution in [3.05, 3.63) is 28.8 Å². The summed E-state index contributed by atoms with van der Waals surface area (Å²) >= 11 is 5.82. The zero-order valence-electron chi connectivity index (χ0n) is 11.1. The molecule has 1 rings (SSSR count). The first kappa shape index (κ1) is 16.4. The molecule has 0 spiro atoms. The summed E-state index contributed by atoms with van der Waals surface area (Å²) in [6, 6.07) is 4.19. The quantitative estimate of drug-likeness (QED) is 0.836. The number of hydrogen-bond acceptors (Lipinski definition) is 4. The van der Waals surface area contributed by atoms with Crippen molar-refractivity contribution in [3.8, 4) is 0 Å². The molecule has 0 saturated carbocycles. The molecule has 7 heteroatoms. The molecule has 0 amide bonds. The molecule has 0 radical (unpaired) electrons. The zero-order chi connectivity index (χ0) is 14.7. The fourth-order valence-corrected chi connectivity index (χ4v) is 2.69. The third-order valence-electron chi connectivity index (χ3n) is 2.74. The summed E-state index contributed by atoms with van der Waals surface area (Å²) < 4.78 is 31.8. The molecule has 0 aliphatic heterocycles. The van der Waals surface area contributed by atoms with Crippen LogP contribution in [0.15, 0.2) is 23.1 Å². The molecule has 0 aliphatic carbocycles. The van der Waals surface area contributed by atoms with E-state index in [1.807, 2.05) is 0 Å². The van der Waals surface area contributed by atoms with Gasteiger partial charge in [-0.25, -0.2) is 13.1 Å². The average molecular weight is 308 g/mol. The largest absolute Gasteiger partial charge is 0.392 e. The van der Waals surface area contributed by atoms with Crippen LogP contribution >= 0.6 is 11.6 Å². The molecule has 0 unspecified atom stereocenters. The van der Waals surface area contributed by atoms with Crippen LogP contribution < -0.4 is 4.72 Å². The second-order valence-electron chi connectivity index (χ2n) is 4.70. The number of ether oxygens (including phenoxy) is 1. The van der Waals surface area contributed by atoms with Crippen molar-refractivity contribution in [2.24, 2.45) is 0 Å². The van der Waals surface area contributed by atoms with E-state index in [4.69, 9.17) is 21.4 Å². The van der Waals surface area contributed by atoms with Crippen LogP contribution in [0.5, 0.6) is 0 Å². The number of halogens is 1. The average Bonchev–Trinajstić information content (AvgIpc) is 2.37. The molecule has 0 fully saturated rings. The van der Waals surface area contributed by atoms with Crippen molar-refractivity contribution in [3.63, 3.8) is 0 Å². The smallest absolute Gasteiger partial charge is 0.240 e. The topological polar surface area (TPSA) is 75.6 Å². The van der Waals surface area contributed by atoms with E-state index in [0.717, 1.165) is 0 Å². The molecule has 0 heterocycles. The summed E-state index contributed by atoms with van der Waals surface area (Å²) in [5.41, 5.74) is -0.227. The Morgan fingerprint density at radius 2 is 2.05 bits per heavy atom. The van der Waals surface area contributed by atoms with Gasteiger partial charge in [-0.3, -0.25) is 0 Å². The molecule has 0 bridgehead atoms. The van der Waals surface area contributed by atoms with Gasteiger partial charge >= 0.3 is 0 Å². The predicted octanol–water partition coefficient (Wildman–Crippen LogP) is 1.54. The summed E-state index contributed by atoms with van der Waals surface area (Å²) in [6.07, 6.45) is 0. The van der Waals surface area contributed by atoms with E-state index in [1.54, 1.807) is 13.8 Å². The van der Waals surface area contributed by atoms with Gasteiger partial charge in [-0.1, -0.05) is 11.6 Å². The molecule has 0 saturated heterocycles. The van der Waals surface area contributed by atoms with Gasteiger partial charge in [-0.15, -0.1) is 0 Å². The Morgan fingerprint density at radius 3 is 2.58 bits per heavy atom. The Labute approximate surface area is 118 Å². The van der Waals surface area contributed by atoms with Crippen LogP contribution in [0.3, 0.4) is 0 Å². The van der Waals surface area contributed by atoms with Gasteiger partial charge in [0.15, 0.2) is 0 Å². The lowest BCUT2D eigenvalue weighted by molar-refractivity contribution is 0.0276. The van der Waals surface area contributed by atoms with Crippen LogP contribution in [0, 0.1) is 0 Å². The second kappa shape index (κ2) is 6.19. The monoisotopic (exact) mass is 307 g/mol. The molecule has 2 N–H and O–H groups in total. The number of methoxy groups -OCH3 is 1. The second-order valence-corrected chi connectivity index (χ2v) is 6.87.